The van der Waals surface area contributed by atoms with E-state index >= 15 is 0 Å². The van der Waals surface area contributed by atoms with Crippen molar-refractivity contribution in [3.63, 3.8) is 0 Å². The van der Waals surface area contributed by atoms with Crippen molar-refractivity contribution < 1.29 is 4.79 Å². The molecule has 1 N–H and O–H groups in total. The van der Waals surface area contributed by atoms with E-state index in [-0.39, 0.29) is 5.91 Å². The Morgan fingerprint density at radius 2 is 2.24 bits per heavy atom. The van der Waals surface area contributed by atoms with E-state index in [1.165, 1.54) is 24.2 Å². The Morgan fingerprint density at radius 3 is 2.76 bits per heavy atom. The Balaban J connectivity index is 1.78. The lowest BCUT2D eigenvalue weighted by Crippen LogP contribution is -2.33. The average Bonchev–Trinajstić information content (AvgIpc) is 3.04. The first kappa shape index (κ1) is 12.5. The number of nitrogens with zero attached hydrogens (tertiary/aromatic N) is 2. The van der Waals surface area contributed by atoms with E-state index in [1.807, 2.05) is 13.8 Å². The van der Waals surface area contributed by atoms with Crippen LogP contribution in [0.3, 0.4) is 0 Å². The molecule has 1 heterocycles. The van der Waals surface area contributed by atoms with Crippen LogP contribution in [0.15, 0.2) is 0 Å². The smallest absolute Gasteiger partial charge is 0.263 e. The van der Waals surface area contributed by atoms with Gasteiger partial charge in [-0.25, -0.2) is 4.98 Å². The molecule has 0 aliphatic heterocycles. The summed E-state index contributed by atoms with van der Waals surface area (Å²) in [6.07, 6.45) is 2.61. The SMILES string of the molecule is Cc1nc(C)c(C(=O)NCCN(C)C2CC2)s1. The number of hydrogen-bond acceptors (Lipinski definition) is 4. The average molecular weight is 253 g/mol. The number of likely N-dealkylation sites (N-methyl/N-ethyl adjacent to an activating group) is 1. The van der Waals surface area contributed by atoms with Crippen molar-refractivity contribution in [3.05, 3.63) is 15.6 Å². The number of aryl methyl sites for hydroxylation is 2. The van der Waals surface area contributed by atoms with Gasteiger partial charge in [-0.15, -0.1) is 11.3 Å². The highest BCUT2D eigenvalue weighted by Gasteiger charge is 2.25. The maximum absolute atomic E-state index is 11.9. The maximum atomic E-state index is 11.9. The number of carbonyl (C=O) groups excluding carboxylic acids is 1. The van der Waals surface area contributed by atoms with E-state index in [0.717, 1.165) is 28.2 Å². The second kappa shape index (κ2) is 5.14. The first-order valence-electron chi connectivity index (χ1n) is 6.00. The van der Waals surface area contributed by atoms with Crippen molar-refractivity contribution in [2.75, 3.05) is 20.1 Å². The van der Waals surface area contributed by atoms with Crippen LogP contribution in [-0.4, -0.2) is 42.0 Å². The second-order valence-corrected chi connectivity index (χ2v) is 5.82. The molecule has 0 radical (unpaired) electrons. The van der Waals surface area contributed by atoms with Crippen molar-refractivity contribution in [2.45, 2.75) is 32.7 Å². The summed E-state index contributed by atoms with van der Waals surface area (Å²) in [5.41, 5.74) is 0.834. The molecule has 4 nitrogen and oxygen atoms in total. The molecule has 0 atom stereocenters. The highest BCUT2D eigenvalue weighted by atomic mass is 32.1. The van der Waals surface area contributed by atoms with Crippen LogP contribution in [0, 0.1) is 13.8 Å². The molecule has 1 aromatic rings. The van der Waals surface area contributed by atoms with Gasteiger partial charge in [0.2, 0.25) is 0 Å². The molecule has 1 fully saturated rings. The van der Waals surface area contributed by atoms with Gasteiger partial charge in [0.15, 0.2) is 0 Å². The van der Waals surface area contributed by atoms with Gasteiger partial charge in [-0.1, -0.05) is 0 Å². The van der Waals surface area contributed by atoms with Crippen LogP contribution in [0.1, 0.15) is 33.2 Å². The Labute approximate surface area is 106 Å². The standard InChI is InChI=1S/C12H19N3OS/c1-8-11(17-9(2)14-8)12(16)13-6-7-15(3)10-4-5-10/h10H,4-7H2,1-3H3,(H,13,16). The molecule has 0 aromatic carbocycles. The van der Waals surface area contributed by atoms with Crippen molar-refractivity contribution in [1.29, 1.82) is 0 Å². The summed E-state index contributed by atoms with van der Waals surface area (Å²) in [5.74, 6) is 0.0114. The normalized spacial score (nSPS) is 15.3. The fraction of sp³-hybridized carbons (Fsp3) is 0.667. The number of amides is 1. The molecule has 0 bridgehead atoms. The van der Waals surface area contributed by atoms with E-state index < -0.39 is 0 Å². The molecule has 1 aliphatic carbocycles. The van der Waals surface area contributed by atoms with Crippen LogP contribution in [0.4, 0.5) is 0 Å². The quantitative estimate of drug-likeness (QED) is 0.866. The Hall–Kier alpha value is -0.940. The van der Waals surface area contributed by atoms with E-state index in [2.05, 4.69) is 22.2 Å². The van der Waals surface area contributed by atoms with Gasteiger partial charge in [0, 0.05) is 19.1 Å². The van der Waals surface area contributed by atoms with Crippen LogP contribution in [0.2, 0.25) is 0 Å². The molecule has 1 aromatic heterocycles. The Morgan fingerprint density at radius 1 is 1.53 bits per heavy atom. The zero-order chi connectivity index (χ0) is 12.4. The topological polar surface area (TPSA) is 45.2 Å². The first-order valence-corrected chi connectivity index (χ1v) is 6.82. The van der Waals surface area contributed by atoms with Gasteiger partial charge in [0.25, 0.3) is 5.91 Å². The number of hydrogen-bond donors (Lipinski definition) is 1. The van der Waals surface area contributed by atoms with Crippen molar-refractivity contribution in [1.82, 2.24) is 15.2 Å². The molecule has 0 saturated heterocycles. The fourth-order valence-electron chi connectivity index (χ4n) is 1.87. The highest BCUT2D eigenvalue weighted by molar-refractivity contribution is 7.13. The summed E-state index contributed by atoms with van der Waals surface area (Å²) in [6, 6.07) is 0.749. The third kappa shape index (κ3) is 3.26. The molecular weight excluding hydrogens is 234 g/mol. The molecule has 1 aliphatic rings. The molecule has 94 valence electrons. The van der Waals surface area contributed by atoms with Gasteiger partial charge in [-0.3, -0.25) is 4.79 Å². The maximum Gasteiger partial charge on any atom is 0.263 e. The monoisotopic (exact) mass is 253 g/mol. The van der Waals surface area contributed by atoms with E-state index in [4.69, 9.17) is 0 Å². The lowest BCUT2D eigenvalue weighted by atomic mass is 10.3. The van der Waals surface area contributed by atoms with E-state index in [0.29, 0.717) is 6.54 Å². The third-order valence-corrected chi connectivity index (χ3v) is 4.10. The van der Waals surface area contributed by atoms with Gasteiger partial charge in [0.1, 0.15) is 4.88 Å². The molecule has 17 heavy (non-hydrogen) atoms. The lowest BCUT2D eigenvalue weighted by molar-refractivity contribution is 0.0952. The largest absolute Gasteiger partial charge is 0.350 e. The minimum atomic E-state index is 0.0114. The predicted molar refractivity (Wildman–Crippen MR) is 69.6 cm³/mol. The summed E-state index contributed by atoms with van der Waals surface area (Å²) in [7, 11) is 2.12. The molecule has 1 amide bonds. The molecule has 0 spiro atoms. The second-order valence-electron chi connectivity index (χ2n) is 4.62. The number of carbonyl (C=O) groups is 1. The number of nitrogens with one attached hydrogen (secondary N) is 1. The summed E-state index contributed by atoms with van der Waals surface area (Å²) in [5, 5.41) is 3.90. The van der Waals surface area contributed by atoms with E-state index in [1.54, 1.807) is 0 Å². The predicted octanol–water partition coefficient (Wildman–Crippen LogP) is 1.58. The van der Waals surface area contributed by atoms with Gasteiger partial charge in [-0.2, -0.15) is 0 Å². The van der Waals surface area contributed by atoms with Crippen LogP contribution >= 0.6 is 11.3 Å². The fourth-order valence-corrected chi connectivity index (χ4v) is 2.70. The first-order chi connectivity index (χ1) is 8.08. The summed E-state index contributed by atoms with van der Waals surface area (Å²) >= 11 is 1.46. The number of aromatic nitrogens is 1. The van der Waals surface area contributed by atoms with Crippen LogP contribution in [0.25, 0.3) is 0 Å². The molecular formula is C12H19N3OS. The lowest BCUT2D eigenvalue weighted by Gasteiger charge is -2.15. The Kier molecular flexibility index (Phi) is 3.79. The van der Waals surface area contributed by atoms with Crippen molar-refractivity contribution in [2.24, 2.45) is 0 Å². The Bertz CT molecular complexity index is 412. The van der Waals surface area contributed by atoms with E-state index in [9.17, 15) is 4.79 Å². The summed E-state index contributed by atoms with van der Waals surface area (Å²) in [6.45, 7) is 5.44. The number of thiazole rings is 1. The minimum Gasteiger partial charge on any atom is -0.350 e. The van der Waals surface area contributed by atoms with Crippen molar-refractivity contribution >= 4 is 17.2 Å². The summed E-state index contributed by atoms with van der Waals surface area (Å²) in [4.78, 5) is 19.2. The van der Waals surface area contributed by atoms with Crippen molar-refractivity contribution in [3.8, 4) is 0 Å². The van der Waals surface area contributed by atoms with Gasteiger partial charge < -0.3 is 10.2 Å². The molecule has 2 rings (SSSR count). The third-order valence-electron chi connectivity index (χ3n) is 3.03. The van der Waals surface area contributed by atoms with Gasteiger partial charge >= 0.3 is 0 Å². The van der Waals surface area contributed by atoms with Gasteiger partial charge in [0.05, 0.1) is 10.7 Å². The zero-order valence-corrected chi connectivity index (χ0v) is 11.4. The zero-order valence-electron chi connectivity index (χ0n) is 10.6. The van der Waals surface area contributed by atoms with Gasteiger partial charge in [-0.05, 0) is 33.7 Å². The molecule has 0 unspecified atom stereocenters. The highest BCUT2D eigenvalue weighted by Crippen LogP contribution is 2.24. The molecule has 5 heteroatoms. The molecule has 1 saturated carbocycles. The van der Waals surface area contributed by atoms with Crippen LogP contribution in [0.5, 0.6) is 0 Å². The summed E-state index contributed by atoms with van der Waals surface area (Å²) < 4.78 is 0. The van der Waals surface area contributed by atoms with Crippen LogP contribution < -0.4 is 5.32 Å². The van der Waals surface area contributed by atoms with Crippen LogP contribution in [-0.2, 0) is 0 Å². The minimum absolute atomic E-state index is 0.0114. The number of rotatable bonds is 5.